The maximum Gasteiger partial charge on any atom is 0.261 e. The van der Waals surface area contributed by atoms with Crippen LogP contribution in [0, 0.1) is 11.6 Å². The Balaban J connectivity index is 1.90. The van der Waals surface area contributed by atoms with E-state index in [4.69, 9.17) is 23.2 Å². The number of nitrogens with zero attached hydrogens (tertiary/aromatic N) is 2. The summed E-state index contributed by atoms with van der Waals surface area (Å²) >= 11 is 11.9. The number of carbonyl (C=O) groups excluding carboxylic acids is 1. The van der Waals surface area contributed by atoms with E-state index in [2.05, 4.69) is 10.3 Å². The fourth-order valence-corrected chi connectivity index (χ4v) is 2.79. The summed E-state index contributed by atoms with van der Waals surface area (Å²) in [6.07, 6.45) is 1.14. The Labute approximate surface area is 149 Å². The van der Waals surface area contributed by atoms with Crippen molar-refractivity contribution >= 4 is 45.7 Å². The molecule has 0 atom stereocenters. The number of rotatable bonds is 3. The number of nitrogens with one attached hydrogen (secondary N) is 1. The minimum Gasteiger partial charge on any atom is -0.322 e. The predicted molar refractivity (Wildman–Crippen MR) is 91.0 cm³/mol. The lowest BCUT2D eigenvalue weighted by Gasteiger charge is -2.09. The van der Waals surface area contributed by atoms with Gasteiger partial charge in [-0.3, -0.25) is 14.2 Å². The standard InChI is InChI=1S/C16H9Cl2F2N3O2/c17-8-3-10-15(11(18)4-8)21-7-23(16(10)25)6-14(24)22-13-5-9(19)1-2-12(13)20/h1-5,7H,6H2,(H,22,24). The second-order valence-electron chi connectivity index (χ2n) is 5.13. The molecular weight excluding hydrogens is 375 g/mol. The van der Waals surface area contributed by atoms with Gasteiger partial charge in [-0.1, -0.05) is 23.2 Å². The average molecular weight is 384 g/mol. The van der Waals surface area contributed by atoms with Gasteiger partial charge >= 0.3 is 0 Å². The van der Waals surface area contributed by atoms with Crippen molar-refractivity contribution in [3.8, 4) is 0 Å². The Morgan fingerprint density at radius 1 is 1.20 bits per heavy atom. The van der Waals surface area contributed by atoms with Crippen LogP contribution < -0.4 is 10.9 Å². The Morgan fingerprint density at radius 2 is 1.96 bits per heavy atom. The topological polar surface area (TPSA) is 64.0 Å². The van der Waals surface area contributed by atoms with Gasteiger partial charge in [-0.05, 0) is 24.3 Å². The minimum absolute atomic E-state index is 0.143. The molecule has 0 aliphatic heterocycles. The molecule has 0 aliphatic rings. The van der Waals surface area contributed by atoms with Gasteiger partial charge in [-0.25, -0.2) is 13.8 Å². The molecular formula is C16H9Cl2F2N3O2. The van der Waals surface area contributed by atoms with E-state index in [1.165, 1.54) is 12.1 Å². The van der Waals surface area contributed by atoms with Crippen molar-refractivity contribution in [3.63, 3.8) is 0 Å². The van der Waals surface area contributed by atoms with Gasteiger partial charge in [-0.15, -0.1) is 0 Å². The van der Waals surface area contributed by atoms with E-state index in [0.29, 0.717) is 0 Å². The number of halogens is 4. The number of carbonyl (C=O) groups is 1. The Hall–Kier alpha value is -2.51. The van der Waals surface area contributed by atoms with Crippen molar-refractivity contribution in [2.45, 2.75) is 6.54 Å². The predicted octanol–water partition coefficient (Wildman–Crippen LogP) is 3.62. The highest BCUT2D eigenvalue weighted by molar-refractivity contribution is 6.38. The van der Waals surface area contributed by atoms with E-state index < -0.39 is 29.6 Å². The van der Waals surface area contributed by atoms with Gasteiger partial charge in [0.2, 0.25) is 5.91 Å². The van der Waals surface area contributed by atoms with E-state index >= 15 is 0 Å². The van der Waals surface area contributed by atoms with Crippen molar-refractivity contribution in [2.75, 3.05) is 5.32 Å². The molecule has 0 unspecified atom stereocenters. The fourth-order valence-electron chi connectivity index (χ4n) is 2.25. The first kappa shape index (κ1) is 17.3. The normalized spacial score (nSPS) is 10.9. The SMILES string of the molecule is O=C(Cn1cnc2c(Cl)cc(Cl)cc2c1=O)Nc1cc(F)ccc1F. The van der Waals surface area contributed by atoms with Gasteiger partial charge in [0.15, 0.2) is 0 Å². The van der Waals surface area contributed by atoms with E-state index in [9.17, 15) is 18.4 Å². The first-order valence-electron chi connectivity index (χ1n) is 6.94. The molecule has 2 aromatic carbocycles. The van der Waals surface area contributed by atoms with E-state index in [1.54, 1.807) is 0 Å². The van der Waals surface area contributed by atoms with Gasteiger partial charge < -0.3 is 5.32 Å². The van der Waals surface area contributed by atoms with Crippen LogP contribution in [0.15, 0.2) is 41.5 Å². The summed E-state index contributed by atoms with van der Waals surface area (Å²) in [7, 11) is 0. The number of aromatic nitrogens is 2. The summed E-state index contributed by atoms with van der Waals surface area (Å²) in [5.41, 5.74) is -0.606. The van der Waals surface area contributed by atoms with Crippen molar-refractivity contribution < 1.29 is 13.6 Å². The van der Waals surface area contributed by atoms with Crippen LogP contribution in [0.3, 0.4) is 0 Å². The van der Waals surface area contributed by atoms with Crippen molar-refractivity contribution in [2.24, 2.45) is 0 Å². The molecule has 0 saturated carbocycles. The van der Waals surface area contributed by atoms with Crippen molar-refractivity contribution in [1.82, 2.24) is 9.55 Å². The second-order valence-corrected chi connectivity index (χ2v) is 5.98. The minimum atomic E-state index is -0.794. The Morgan fingerprint density at radius 3 is 2.72 bits per heavy atom. The van der Waals surface area contributed by atoms with Gasteiger partial charge in [0, 0.05) is 11.1 Å². The third-order valence-electron chi connectivity index (χ3n) is 3.36. The van der Waals surface area contributed by atoms with E-state index in [1.807, 2.05) is 0 Å². The molecule has 0 bridgehead atoms. The van der Waals surface area contributed by atoms with Gasteiger partial charge in [0.25, 0.3) is 5.56 Å². The lowest BCUT2D eigenvalue weighted by molar-refractivity contribution is -0.116. The van der Waals surface area contributed by atoms with Crippen LogP contribution in [0.4, 0.5) is 14.5 Å². The molecule has 9 heteroatoms. The Kier molecular flexibility index (Phi) is 4.69. The number of hydrogen-bond acceptors (Lipinski definition) is 3. The van der Waals surface area contributed by atoms with Crippen LogP contribution in [0.1, 0.15) is 0 Å². The number of amides is 1. The molecule has 0 radical (unpaired) electrons. The molecule has 128 valence electrons. The van der Waals surface area contributed by atoms with Crippen LogP contribution >= 0.6 is 23.2 Å². The van der Waals surface area contributed by atoms with E-state index in [-0.39, 0.29) is 26.6 Å². The van der Waals surface area contributed by atoms with Crippen LogP contribution in [0.25, 0.3) is 10.9 Å². The number of fused-ring (bicyclic) bond motifs is 1. The average Bonchev–Trinajstić information content (AvgIpc) is 2.54. The molecule has 3 rings (SSSR count). The van der Waals surface area contributed by atoms with E-state index in [0.717, 1.165) is 29.1 Å². The molecule has 1 heterocycles. The molecule has 25 heavy (non-hydrogen) atoms. The summed E-state index contributed by atoms with van der Waals surface area (Å²) in [4.78, 5) is 28.5. The van der Waals surface area contributed by atoms with Gasteiger partial charge in [0.1, 0.15) is 18.2 Å². The molecule has 3 aromatic rings. The zero-order valence-corrected chi connectivity index (χ0v) is 13.9. The summed E-state index contributed by atoms with van der Waals surface area (Å²) in [6.45, 7) is -0.443. The molecule has 5 nitrogen and oxygen atoms in total. The first-order valence-corrected chi connectivity index (χ1v) is 7.70. The fraction of sp³-hybridized carbons (Fsp3) is 0.0625. The maximum atomic E-state index is 13.6. The summed E-state index contributed by atoms with van der Waals surface area (Å²) < 4.78 is 27.7. The van der Waals surface area contributed by atoms with Crippen molar-refractivity contribution in [1.29, 1.82) is 0 Å². The zero-order valence-electron chi connectivity index (χ0n) is 12.4. The second kappa shape index (κ2) is 6.78. The van der Waals surface area contributed by atoms with Gasteiger partial charge in [-0.2, -0.15) is 0 Å². The monoisotopic (exact) mass is 383 g/mol. The number of anilines is 1. The molecule has 1 aromatic heterocycles. The first-order chi connectivity index (χ1) is 11.8. The lowest BCUT2D eigenvalue weighted by atomic mass is 10.2. The molecule has 0 saturated heterocycles. The highest BCUT2D eigenvalue weighted by Crippen LogP contribution is 2.24. The van der Waals surface area contributed by atoms with Gasteiger partial charge in [0.05, 0.1) is 27.9 Å². The molecule has 1 amide bonds. The summed E-state index contributed by atoms with van der Waals surface area (Å²) in [5, 5.41) is 2.80. The van der Waals surface area contributed by atoms with Crippen LogP contribution in [-0.2, 0) is 11.3 Å². The molecule has 0 spiro atoms. The Bertz CT molecular complexity index is 1050. The highest BCUT2D eigenvalue weighted by Gasteiger charge is 2.13. The van der Waals surface area contributed by atoms with Crippen molar-refractivity contribution in [3.05, 3.63) is 68.7 Å². The van der Waals surface area contributed by atoms with Crippen LogP contribution in [-0.4, -0.2) is 15.5 Å². The van der Waals surface area contributed by atoms with Crippen LogP contribution in [0.2, 0.25) is 10.0 Å². The molecule has 0 fully saturated rings. The lowest BCUT2D eigenvalue weighted by Crippen LogP contribution is -2.28. The quantitative estimate of drug-likeness (QED) is 0.750. The summed E-state index contributed by atoms with van der Waals surface area (Å²) in [6, 6.07) is 5.49. The highest BCUT2D eigenvalue weighted by atomic mass is 35.5. The summed E-state index contributed by atoms with van der Waals surface area (Å²) in [5.74, 6) is -2.22. The molecule has 1 N–H and O–H groups in total. The third-order valence-corrected chi connectivity index (χ3v) is 3.87. The molecule has 0 aliphatic carbocycles. The smallest absolute Gasteiger partial charge is 0.261 e. The van der Waals surface area contributed by atoms with Crippen LogP contribution in [0.5, 0.6) is 0 Å². The maximum absolute atomic E-state index is 13.6. The third kappa shape index (κ3) is 3.62. The zero-order chi connectivity index (χ0) is 18.1. The number of hydrogen-bond donors (Lipinski definition) is 1. The number of benzene rings is 2. The largest absolute Gasteiger partial charge is 0.322 e.